The Labute approximate surface area is 98.4 Å². The van der Waals surface area contributed by atoms with Crippen LogP contribution in [0.1, 0.15) is 58.3 Å². The number of nitrogens with zero attached hydrogens (tertiary/aromatic N) is 1. The molecule has 0 aromatic carbocycles. The maximum absolute atomic E-state index is 12.5. The Morgan fingerprint density at radius 3 is 2.56 bits per heavy atom. The smallest absolute Gasteiger partial charge is 0.242 e. The number of carbonyl (C=O) groups is 1. The molecular weight excluding hydrogens is 200 g/mol. The van der Waals surface area contributed by atoms with E-state index in [0.717, 1.165) is 45.1 Å². The van der Waals surface area contributed by atoms with E-state index in [1.165, 1.54) is 12.8 Å². The molecule has 1 aliphatic heterocycles. The highest BCUT2D eigenvalue weighted by Crippen LogP contribution is 2.30. The van der Waals surface area contributed by atoms with E-state index >= 15 is 0 Å². The summed E-state index contributed by atoms with van der Waals surface area (Å²) in [5, 5.41) is 0. The van der Waals surface area contributed by atoms with Gasteiger partial charge in [0.2, 0.25) is 5.91 Å². The molecule has 0 aromatic rings. The highest BCUT2D eigenvalue weighted by atomic mass is 16.2. The van der Waals surface area contributed by atoms with Crippen LogP contribution in [0.25, 0.3) is 0 Å². The van der Waals surface area contributed by atoms with Crippen molar-refractivity contribution in [2.45, 2.75) is 69.9 Å². The van der Waals surface area contributed by atoms with Gasteiger partial charge in [-0.2, -0.15) is 0 Å². The van der Waals surface area contributed by atoms with Crippen molar-refractivity contribution in [2.24, 2.45) is 5.73 Å². The third-order valence-electron chi connectivity index (χ3n) is 4.24. The predicted octanol–water partition coefficient (Wildman–Crippen LogP) is 2.05. The summed E-state index contributed by atoms with van der Waals surface area (Å²) in [5.41, 5.74) is 5.73. The van der Waals surface area contributed by atoms with Crippen LogP contribution in [0.3, 0.4) is 0 Å². The summed E-state index contributed by atoms with van der Waals surface area (Å²) in [6, 6.07) is 0.385. The van der Waals surface area contributed by atoms with E-state index in [1.807, 2.05) is 0 Å². The van der Waals surface area contributed by atoms with Crippen LogP contribution in [0.4, 0.5) is 0 Å². The van der Waals surface area contributed by atoms with Crippen molar-refractivity contribution < 1.29 is 4.79 Å². The first-order valence-corrected chi connectivity index (χ1v) is 6.73. The van der Waals surface area contributed by atoms with Crippen LogP contribution in [0.5, 0.6) is 0 Å². The van der Waals surface area contributed by atoms with Crippen molar-refractivity contribution in [1.82, 2.24) is 4.90 Å². The molecule has 1 atom stereocenters. The third kappa shape index (κ3) is 2.24. The van der Waals surface area contributed by atoms with E-state index in [0.29, 0.717) is 6.04 Å². The van der Waals surface area contributed by atoms with Gasteiger partial charge >= 0.3 is 0 Å². The second-order valence-corrected chi connectivity index (χ2v) is 5.56. The van der Waals surface area contributed by atoms with Crippen LogP contribution in [-0.2, 0) is 4.79 Å². The van der Waals surface area contributed by atoms with Gasteiger partial charge in [0, 0.05) is 12.6 Å². The van der Waals surface area contributed by atoms with E-state index < -0.39 is 5.54 Å². The minimum absolute atomic E-state index is 0.222. The maximum Gasteiger partial charge on any atom is 0.242 e. The summed E-state index contributed by atoms with van der Waals surface area (Å²) in [4.78, 5) is 14.5. The normalized spacial score (nSPS) is 30.1. The van der Waals surface area contributed by atoms with Crippen LogP contribution in [0.15, 0.2) is 0 Å². The zero-order valence-electron chi connectivity index (χ0n) is 10.4. The monoisotopic (exact) mass is 224 g/mol. The predicted molar refractivity (Wildman–Crippen MR) is 65.0 cm³/mol. The second kappa shape index (κ2) is 4.74. The van der Waals surface area contributed by atoms with Crippen LogP contribution in [0.2, 0.25) is 0 Å². The third-order valence-corrected chi connectivity index (χ3v) is 4.24. The van der Waals surface area contributed by atoms with Crippen LogP contribution < -0.4 is 5.73 Å². The molecule has 2 aliphatic rings. The number of likely N-dealkylation sites (tertiary alicyclic amines) is 1. The van der Waals surface area contributed by atoms with Gasteiger partial charge < -0.3 is 10.6 Å². The topological polar surface area (TPSA) is 46.3 Å². The van der Waals surface area contributed by atoms with Gasteiger partial charge in [-0.25, -0.2) is 0 Å². The molecule has 1 saturated carbocycles. The van der Waals surface area contributed by atoms with Gasteiger partial charge in [-0.05, 0) is 32.6 Å². The van der Waals surface area contributed by atoms with Crippen molar-refractivity contribution in [3.8, 4) is 0 Å². The van der Waals surface area contributed by atoms with Gasteiger partial charge in [0.25, 0.3) is 0 Å². The van der Waals surface area contributed by atoms with Crippen molar-refractivity contribution >= 4 is 5.91 Å². The molecule has 2 N–H and O–H groups in total. The maximum atomic E-state index is 12.5. The number of nitrogens with two attached hydrogens (primary N) is 1. The van der Waals surface area contributed by atoms with Crippen molar-refractivity contribution in [3.05, 3.63) is 0 Å². The molecule has 0 spiro atoms. The van der Waals surface area contributed by atoms with Gasteiger partial charge in [0.15, 0.2) is 0 Å². The number of hydrogen-bond acceptors (Lipinski definition) is 2. The number of amides is 1. The standard InChI is InChI=1S/C13H24N2O/c1-11-7-3-2-6-10-15(11)12(16)13(14)8-4-5-9-13/h11H,2-10,14H2,1H3. The fraction of sp³-hybridized carbons (Fsp3) is 0.923. The van der Waals surface area contributed by atoms with Gasteiger partial charge in [0.1, 0.15) is 0 Å². The van der Waals surface area contributed by atoms with Crippen molar-refractivity contribution in [3.63, 3.8) is 0 Å². The molecule has 1 unspecified atom stereocenters. The van der Waals surface area contributed by atoms with Gasteiger partial charge in [-0.15, -0.1) is 0 Å². The molecule has 1 aliphatic carbocycles. The molecule has 92 valence electrons. The molecule has 3 heteroatoms. The SMILES string of the molecule is CC1CCCCCN1C(=O)C1(N)CCCC1. The Balaban J connectivity index is 2.06. The van der Waals surface area contributed by atoms with Gasteiger partial charge in [-0.3, -0.25) is 4.79 Å². The molecule has 2 fully saturated rings. The molecule has 1 amide bonds. The second-order valence-electron chi connectivity index (χ2n) is 5.56. The fourth-order valence-corrected chi connectivity index (χ4v) is 3.08. The Hall–Kier alpha value is -0.570. The summed E-state index contributed by atoms with van der Waals surface area (Å²) in [6.45, 7) is 3.08. The van der Waals surface area contributed by atoms with E-state index in [2.05, 4.69) is 11.8 Å². The van der Waals surface area contributed by atoms with E-state index in [-0.39, 0.29) is 5.91 Å². The van der Waals surface area contributed by atoms with Crippen LogP contribution in [-0.4, -0.2) is 28.9 Å². The molecule has 16 heavy (non-hydrogen) atoms. The molecule has 1 heterocycles. The van der Waals surface area contributed by atoms with Gasteiger partial charge in [0.05, 0.1) is 5.54 Å². The molecule has 2 rings (SSSR count). The summed E-state index contributed by atoms with van der Waals surface area (Å²) in [5.74, 6) is 0.222. The molecule has 1 saturated heterocycles. The Kier molecular flexibility index (Phi) is 3.53. The zero-order valence-corrected chi connectivity index (χ0v) is 10.4. The fourth-order valence-electron chi connectivity index (χ4n) is 3.08. The van der Waals surface area contributed by atoms with Crippen molar-refractivity contribution in [1.29, 1.82) is 0 Å². The molecule has 0 aromatic heterocycles. The minimum atomic E-state index is -0.529. The zero-order chi connectivity index (χ0) is 11.6. The van der Waals surface area contributed by atoms with E-state index in [9.17, 15) is 4.79 Å². The first kappa shape index (κ1) is 11.9. The quantitative estimate of drug-likeness (QED) is 0.741. The Morgan fingerprint density at radius 1 is 1.19 bits per heavy atom. The first-order valence-electron chi connectivity index (χ1n) is 6.73. The van der Waals surface area contributed by atoms with Crippen LogP contribution >= 0.6 is 0 Å². The minimum Gasteiger partial charge on any atom is -0.338 e. The Morgan fingerprint density at radius 2 is 1.88 bits per heavy atom. The highest BCUT2D eigenvalue weighted by Gasteiger charge is 2.41. The molecule has 0 bridgehead atoms. The molecule has 0 radical (unpaired) electrons. The lowest BCUT2D eigenvalue weighted by Crippen LogP contribution is -2.55. The lowest BCUT2D eigenvalue weighted by Gasteiger charge is -2.34. The Bertz CT molecular complexity index is 259. The lowest BCUT2D eigenvalue weighted by molar-refractivity contribution is -0.138. The average molecular weight is 224 g/mol. The molecule has 3 nitrogen and oxygen atoms in total. The largest absolute Gasteiger partial charge is 0.338 e. The summed E-state index contributed by atoms with van der Waals surface area (Å²) in [7, 11) is 0. The number of hydrogen-bond donors (Lipinski definition) is 1. The number of carbonyl (C=O) groups excluding carboxylic acids is 1. The first-order chi connectivity index (χ1) is 7.63. The summed E-state index contributed by atoms with van der Waals surface area (Å²) in [6.07, 6.45) is 8.79. The van der Waals surface area contributed by atoms with E-state index in [1.54, 1.807) is 0 Å². The number of rotatable bonds is 1. The summed E-state index contributed by atoms with van der Waals surface area (Å²) >= 11 is 0. The lowest BCUT2D eigenvalue weighted by atomic mass is 9.96. The molecular formula is C13H24N2O. The summed E-state index contributed by atoms with van der Waals surface area (Å²) < 4.78 is 0. The average Bonchev–Trinajstić information content (AvgIpc) is 2.59. The van der Waals surface area contributed by atoms with E-state index in [4.69, 9.17) is 5.73 Å². The van der Waals surface area contributed by atoms with Crippen molar-refractivity contribution in [2.75, 3.05) is 6.54 Å². The highest BCUT2D eigenvalue weighted by molar-refractivity contribution is 5.86. The van der Waals surface area contributed by atoms with Gasteiger partial charge in [-0.1, -0.05) is 25.7 Å². The van der Waals surface area contributed by atoms with Crippen LogP contribution in [0, 0.1) is 0 Å².